The van der Waals surface area contributed by atoms with Crippen LogP contribution < -0.4 is 10.2 Å². The molecule has 1 aromatic carbocycles. The number of hydrogen-bond donors (Lipinski definition) is 1. The molecule has 2 saturated heterocycles. The maximum atomic E-state index is 13.2. The second-order valence-corrected chi connectivity index (χ2v) is 11.2. The van der Waals surface area contributed by atoms with Gasteiger partial charge in [-0.25, -0.2) is 13.2 Å². The Balaban J connectivity index is 1.51. The average Bonchev–Trinajstić information content (AvgIpc) is 2.88. The highest BCUT2D eigenvalue weighted by molar-refractivity contribution is 7.89. The molecule has 1 saturated carbocycles. The summed E-state index contributed by atoms with van der Waals surface area (Å²) in [5, 5.41) is 2.94. The van der Waals surface area contributed by atoms with E-state index in [1.165, 1.54) is 16.8 Å². The molecule has 0 atom stereocenters. The number of hydrogen-bond acceptors (Lipinski definition) is 7. The van der Waals surface area contributed by atoms with Crippen molar-refractivity contribution in [1.29, 1.82) is 0 Å². The summed E-state index contributed by atoms with van der Waals surface area (Å²) < 4.78 is 38.4. The van der Waals surface area contributed by atoms with Crippen molar-refractivity contribution >= 4 is 27.6 Å². The number of piperidine rings is 1. The predicted octanol–water partition coefficient (Wildman–Crippen LogP) is 2.30. The number of carbonyl (C=O) groups excluding carboxylic acids is 2. The Morgan fingerprint density at radius 3 is 2.35 bits per heavy atom. The maximum absolute atomic E-state index is 13.2. The van der Waals surface area contributed by atoms with Crippen LogP contribution in [0, 0.1) is 0 Å². The molecule has 9 nitrogen and oxygen atoms in total. The van der Waals surface area contributed by atoms with E-state index in [9.17, 15) is 18.0 Å². The fourth-order valence-electron chi connectivity index (χ4n) is 4.91. The first-order valence-corrected chi connectivity index (χ1v) is 13.8. The minimum atomic E-state index is -3.77. The van der Waals surface area contributed by atoms with Gasteiger partial charge < -0.3 is 19.7 Å². The zero-order valence-electron chi connectivity index (χ0n) is 19.7. The summed E-state index contributed by atoms with van der Waals surface area (Å²) in [5.41, 5.74) is 0.833. The Hall–Kier alpha value is -2.17. The largest absolute Gasteiger partial charge is 0.452 e. The van der Waals surface area contributed by atoms with Crippen LogP contribution in [0.4, 0.5) is 5.69 Å². The van der Waals surface area contributed by atoms with Gasteiger partial charge in [0.1, 0.15) is 0 Å². The standard InChI is InChI=1S/C24H35N3O6S/c28-23(25-19-7-3-1-4-8-19)18-33-24(29)21-17-20(34(30,31)27-13-15-32-16-14-27)9-10-22(21)26-11-5-2-6-12-26/h9-10,17,19H,1-8,11-16,18H2,(H,25,28). The zero-order valence-corrected chi connectivity index (χ0v) is 20.5. The van der Waals surface area contributed by atoms with Crippen molar-refractivity contribution in [2.45, 2.75) is 62.3 Å². The summed E-state index contributed by atoms with van der Waals surface area (Å²) >= 11 is 0. The van der Waals surface area contributed by atoms with Crippen LogP contribution in [0.5, 0.6) is 0 Å². The highest BCUT2D eigenvalue weighted by Gasteiger charge is 2.29. The second-order valence-electron chi connectivity index (χ2n) is 9.22. The fraction of sp³-hybridized carbons (Fsp3) is 0.667. The summed E-state index contributed by atoms with van der Waals surface area (Å²) in [6, 6.07) is 4.78. The van der Waals surface area contributed by atoms with Crippen molar-refractivity contribution in [1.82, 2.24) is 9.62 Å². The molecule has 3 fully saturated rings. The Bertz CT molecular complexity index is 965. The molecule has 2 heterocycles. The quantitative estimate of drug-likeness (QED) is 0.581. The molecule has 34 heavy (non-hydrogen) atoms. The van der Waals surface area contributed by atoms with Gasteiger partial charge >= 0.3 is 5.97 Å². The number of esters is 1. The number of benzene rings is 1. The molecule has 0 unspecified atom stereocenters. The average molecular weight is 494 g/mol. The number of nitrogens with one attached hydrogen (secondary N) is 1. The molecule has 0 bridgehead atoms. The molecule has 1 amide bonds. The zero-order chi connectivity index (χ0) is 24.0. The van der Waals surface area contributed by atoms with Gasteiger partial charge in [-0.15, -0.1) is 0 Å². The molecule has 0 spiro atoms. The number of ether oxygens (including phenoxy) is 2. The van der Waals surface area contributed by atoms with Gasteiger partial charge in [0, 0.05) is 32.2 Å². The van der Waals surface area contributed by atoms with E-state index in [1.54, 1.807) is 12.1 Å². The monoisotopic (exact) mass is 493 g/mol. The van der Waals surface area contributed by atoms with E-state index in [0.717, 1.165) is 58.0 Å². The van der Waals surface area contributed by atoms with Crippen molar-refractivity contribution in [3.05, 3.63) is 23.8 Å². The molecule has 2 aliphatic heterocycles. The lowest BCUT2D eigenvalue weighted by Gasteiger charge is -2.31. The Morgan fingerprint density at radius 1 is 0.971 bits per heavy atom. The van der Waals surface area contributed by atoms with Crippen molar-refractivity contribution in [3.63, 3.8) is 0 Å². The summed E-state index contributed by atoms with van der Waals surface area (Å²) in [6.45, 7) is 2.44. The highest BCUT2D eigenvalue weighted by Crippen LogP contribution is 2.29. The number of carbonyl (C=O) groups is 2. The fourth-order valence-corrected chi connectivity index (χ4v) is 6.35. The summed E-state index contributed by atoms with van der Waals surface area (Å²) in [5.74, 6) is -1.00. The van der Waals surface area contributed by atoms with Crippen LogP contribution in [-0.2, 0) is 24.3 Å². The van der Waals surface area contributed by atoms with E-state index >= 15 is 0 Å². The van der Waals surface area contributed by atoms with Gasteiger partial charge in [0.25, 0.3) is 5.91 Å². The van der Waals surface area contributed by atoms with Gasteiger partial charge in [0.2, 0.25) is 10.0 Å². The Kier molecular flexibility index (Phi) is 8.44. The third-order valence-corrected chi connectivity index (χ3v) is 8.69. The number of morpholine rings is 1. The van der Waals surface area contributed by atoms with Crippen molar-refractivity contribution in [2.75, 3.05) is 50.9 Å². The first-order chi connectivity index (χ1) is 16.4. The van der Waals surface area contributed by atoms with Crippen LogP contribution in [0.1, 0.15) is 61.7 Å². The van der Waals surface area contributed by atoms with E-state index in [-0.39, 0.29) is 42.1 Å². The molecule has 0 aromatic heterocycles. The summed E-state index contributed by atoms with van der Waals surface area (Å²) in [7, 11) is -3.77. The SMILES string of the molecule is O=C(COC(=O)c1cc(S(=O)(=O)N2CCOCC2)ccc1N1CCCCC1)NC1CCCCC1. The molecular formula is C24H35N3O6S. The number of sulfonamides is 1. The molecule has 1 aliphatic carbocycles. The number of nitrogens with zero attached hydrogens (tertiary/aromatic N) is 2. The van der Waals surface area contributed by atoms with E-state index in [1.807, 2.05) is 0 Å². The van der Waals surface area contributed by atoms with E-state index in [0.29, 0.717) is 18.9 Å². The Labute approximate surface area is 201 Å². The lowest BCUT2D eigenvalue weighted by molar-refractivity contribution is -0.125. The number of anilines is 1. The lowest BCUT2D eigenvalue weighted by Crippen LogP contribution is -2.40. The third kappa shape index (κ3) is 6.09. The molecule has 3 aliphatic rings. The first kappa shape index (κ1) is 24.9. The van der Waals surface area contributed by atoms with Crippen LogP contribution in [0.3, 0.4) is 0 Å². The smallest absolute Gasteiger partial charge is 0.340 e. The molecule has 1 N–H and O–H groups in total. The van der Waals surface area contributed by atoms with Crippen LogP contribution in [-0.4, -0.2) is 76.6 Å². The van der Waals surface area contributed by atoms with Gasteiger partial charge in [-0.05, 0) is 50.3 Å². The van der Waals surface area contributed by atoms with E-state index < -0.39 is 16.0 Å². The van der Waals surface area contributed by atoms with Crippen LogP contribution in [0.15, 0.2) is 23.1 Å². The predicted molar refractivity (Wildman–Crippen MR) is 127 cm³/mol. The van der Waals surface area contributed by atoms with Gasteiger partial charge in [-0.2, -0.15) is 4.31 Å². The van der Waals surface area contributed by atoms with Crippen LogP contribution in [0.2, 0.25) is 0 Å². The minimum absolute atomic E-state index is 0.0498. The van der Waals surface area contributed by atoms with Crippen molar-refractivity contribution < 1.29 is 27.5 Å². The number of amides is 1. The van der Waals surface area contributed by atoms with Crippen LogP contribution in [0.25, 0.3) is 0 Å². The number of rotatable bonds is 7. The molecular weight excluding hydrogens is 458 g/mol. The molecule has 1 aromatic rings. The van der Waals surface area contributed by atoms with Crippen LogP contribution >= 0.6 is 0 Å². The van der Waals surface area contributed by atoms with E-state index in [4.69, 9.17) is 9.47 Å². The second kappa shape index (κ2) is 11.5. The molecule has 188 valence electrons. The normalized spacial score (nSPS) is 20.6. The summed E-state index contributed by atoms with van der Waals surface area (Å²) in [4.78, 5) is 27.6. The topological polar surface area (TPSA) is 105 Å². The van der Waals surface area contributed by atoms with Gasteiger partial charge in [-0.3, -0.25) is 4.79 Å². The maximum Gasteiger partial charge on any atom is 0.340 e. The third-order valence-electron chi connectivity index (χ3n) is 6.80. The molecule has 10 heteroatoms. The van der Waals surface area contributed by atoms with Crippen molar-refractivity contribution in [2.24, 2.45) is 0 Å². The van der Waals surface area contributed by atoms with Crippen molar-refractivity contribution in [3.8, 4) is 0 Å². The van der Waals surface area contributed by atoms with Gasteiger partial charge in [0.15, 0.2) is 6.61 Å². The summed E-state index contributed by atoms with van der Waals surface area (Å²) in [6.07, 6.45) is 8.40. The molecule has 0 radical (unpaired) electrons. The lowest BCUT2D eigenvalue weighted by atomic mass is 9.95. The molecule has 4 rings (SSSR count). The highest BCUT2D eigenvalue weighted by atomic mass is 32.2. The van der Waals surface area contributed by atoms with E-state index in [2.05, 4.69) is 10.2 Å². The first-order valence-electron chi connectivity index (χ1n) is 12.4. The van der Waals surface area contributed by atoms with Gasteiger partial charge in [0.05, 0.1) is 29.4 Å². The minimum Gasteiger partial charge on any atom is -0.452 e. The Morgan fingerprint density at radius 2 is 1.65 bits per heavy atom. The van der Waals surface area contributed by atoms with Gasteiger partial charge in [-0.1, -0.05) is 19.3 Å².